The minimum absolute atomic E-state index is 0.0395. The van der Waals surface area contributed by atoms with Crippen LogP contribution in [0.4, 0.5) is 23.2 Å². The Bertz CT molecular complexity index is 721. The summed E-state index contributed by atoms with van der Waals surface area (Å²) in [6.45, 7) is -0.724. The second-order valence-corrected chi connectivity index (χ2v) is 4.90. The lowest BCUT2D eigenvalue weighted by atomic mass is 10.3. The molecule has 1 aromatic heterocycles. The first-order chi connectivity index (χ1) is 10.8. The highest BCUT2D eigenvalue weighted by Gasteiger charge is 2.22. The van der Waals surface area contributed by atoms with Crippen molar-refractivity contribution in [3.05, 3.63) is 40.7 Å². The number of amides is 1. The van der Waals surface area contributed by atoms with E-state index in [4.69, 9.17) is 11.6 Å². The standard InChI is InChI=1S/C13H10ClF4N3O2/c14-6-1-2-10(22)7(3-6)19-11(23)5-21-9(13(17)18)4-8(20-21)12(15)16/h1-4,12-13,22H,5H2,(H,19,23). The summed E-state index contributed by atoms with van der Waals surface area (Å²) < 4.78 is 51.2. The van der Waals surface area contributed by atoms with Crippen LogP contribution in [0.25, 0.3) is 0 Å². The van der Waals surface area contributed by atoms with E-state index in [1.54, 1.807) is 0 Å². The number of nitrogens with one attached hydrogen (secondary N) is 1. The number of nitrogens with zero attached hydrogens (tertiary/aromatic N) is 2. The minimum atomic E-state index is -3.07. The zero-order valence-corrected chi connectivity index (χ0v) is 12.1. The van der Waals surface area contributed by atoms with Crippen LogP contribution in [0.1, 0.15) is 24.2 Å². The Balaban J connectivity index is 2.18. The van der Waals surface area contributed by atoms with Crippen LogP contribution in [0, 0.1) is 0 Å². The number of hydrogen-bond acceptors (Lipinski definition) is 3. The molecule has 2 rings (SSSR count). The number of carbonyl (C=O) groups excluding carboxylic acids is 1. The molecule has 1 amide bonds. The van der Waals surface area contributed by atoms with Crippen molar-refractivity contribution in [3.63, 3.8) is 0 Å². The lowest BCUT2D eigenvalue weighted by Gasteiger charge is -2.09. The van der Waals surface area contributed by atoms with E-state index in [0.717, 1.165) is 0 Å². The van der Waals surface area contributed by atoms with Crippen LogP contribution in [0.15, 0.2) is 24.3 Å². The highest BCUT2D eigenvalue weighted by atomic mass is 35.5. The smallest absolute Gasteiger partial charge is 0.282 e. The van der Waals surface area contributed by atoms with Crippen LogP contribution in [0.3, 0.4) is 0 Å². The number of halogens is 5. The van der Waals surface area contributed by atoms with Gasteiger partial charge in [0.1, 0.15) is 23.7 Å². The molecule has 0 aliphatic rings. The highest BCUT2D eigenvalue weighted by Crippen LogP contribution is 2.27. The average Bonchev–Trinajstić information content (AvgIpc) is 2.87. The van der Waals surface area contributed by atoms with Gasteiger partial charge < -0.3 is 10.4 Å². The van der Waals surface area contributed by atoms with Gasteiger partial charge >= 0.3 is 0 Å². The second kappa shape index (κ2) is 6.86. The molecule has 0 fully saturated rings. The van der Waals surface area contributed by atoms with Crippen molar-refractivity contribution in [2.45, 2.75) is 19.4 Å². The fourth-order valence-electron chi connectivity index (χ4n) is 1.80. The molecular weight excluding hydrogens is 342 g/mol. The molecule has 0 radical (unpaired) electrons. The Labute approximate surface area is 132 Å². The van der Waals surface area contributed by atoms with Gasteiger partial charge in [0, 0.05) is 5.02 Å². The maximum absolute atomic E-state index is 12.8. The zero-order chi connectivity index (χ0) is 17.1. The van der Waals surface area contributed by atoms with Gasteiger partial charge in [0.25, 0.3) is 12.9 Å². The molecule has 23 heavy (non-hydrogen) atoms. The molecular formula is C13H10ClF4N3O2. The van der Waals surface area contributed by atoms with E-state index in [-0.39, 0.29) is 16.5 Å². The first kappa shape index (κ1) is 17.1. The van der Waals surface area contributed by atoms with Gasteiger partial charge in [-0.3, -0.25) is 9.48 Å². The first-order valence-electron chi connectivity index (χ1n) is 6.20. The molecule has 5 nitrogen and oxygen atoms in total. The number of benzene rings is 1. The summed E-state index contributed by atoms with van der Waals surface area (Å²) in [6.07, 6.45) is -6.10. The summed E-state index contributed by atoms with van der Waals surface area (Å²) in [5.74, 6) is -1.13. The molecule has 10 heteroatoms. The van der Waals surface area contributed by atoms with Crippen molar-refractivity contribution in [2.24, 2.45) is 0 Å². The monoisotopic (exact) mass is 351 g/mol. The van der Waals surface area contributed by atoms with E-state index in [0.29, 0.717) is 10.7 Å². The van der Waals surface area contributed by atoms with Gasteiger partial charge in [-0.05, 0) is 24.3 Å². The summed E-state index contributed by atoms with van der Waals surface area (Å²) in [7, 11) is 0. The normalized spacial score (nSPS) is 11.3. The van der Waals surface area contributed by atoms with Crippen molar-refractivity contribution in [2.75, 3.05) is 5.32 Å². The second-order valence-electron chi connectivity index (χ2n) is 4.46. The molecule has 0 saturated carbocycles. The van der Waals surface area contributed by atoms with Gasteiger partial charge in [-0.1, -0.05) is 11.6 Å². The number of aromatic hydroxyl groups is 1. The molecule has 124 valence electrons. The predicted molar refractivity (Wildman–Crippen MR) is 73.9 cm³/mol. The van der Waals surface area contributed by atoms with Gasteiger partial charge in [0.15, 0.2) is 0 Å². The number of rotatable bonds is 5. The summed E-state index contributed by atoms with van der Waals surface area (Å²) in [5, 5.41) is 15.3. The predicted octanol–water partition coefficient (Wildman–Crippen LogP) is 3.76. The van der Waals surface area contributed by atoms with E-state index in [1.165, 1.54) is 18.2 Å². The highest BCUT2D eigenvalue weighted by molar-refractivity contribution is 6.31. The number of aromatic nitrogens is 2. The Morgan fingerprint density at radius 1 is 1.26 bits per heavy atom. The van der Waals surface area contributed by atoms with Crippen LogP contribution < -0.4 is 5.32 Å². The number of phenols is 1. The Morgan fingerprint density at radius 2 is 1.96 bits per heavy atom. The van der Waals surface area contributed by atoms with Crippen LogP contribution in [0.2, 0.25) is 5.02 Å². The lowest BCUT2D eigenvalue weighted by molar-refractivity contribution is -0.117. The van der Waals surface area contributed by atoms with Crippen molar-refractivity contribution in [1.29, 1.82) is 0 Å². The third-order valence-corrected chi connectivity index (χ3v) is 3.04. The Morgan fingerprint density at radius 3 is 2.57 bits per heavy atom. The van der Waals surface area contributed by atoms with E-state index in [9.17, 15) is 27.5 Å². The molecule has 0 bridgehead atoms. The van der Waals surface area contributed by atoms with Crippen molar-refractivity contribution < 1.29 is 27.5 Å². The van der Waals surface area contributed by atoms with Crippen molar-refractivity contribution >= 4 is 23.2 Å². The minimum Gasteiger partial charge on any atom is -0.506 e. The fourth-order valence-corrected chi connectivity index (χ4v) is 1.97. The largest absolute Gasteiger partial charge is 0.506 e. The molecule has 2 aromatic rings. The van der Waals surface area contributed by atoms with Crippen LogP contribution >= 0.6 is 11.6 Å². The maximum Gasteiger partial charge on any atom is 0.282 e. The third kappa shape index (κ3) is 4.13. The number of hydrogen-bond donors (Lipinski definition) is 2. The summed E-state index contributed by atoms with van der Waals surface area (Å²) >= 11 is 5.70. The van der Waals surface area contributed by atoms with Crippen molar-refractivity contribution in [1.82, 2.24) is 9.78 Å². The van der Waals surface area contributed by atoms with Crippen LogP contribution in [0.5, 0.6) is 5.75 Å². The summed E-state index contributed by atoms with van der Waals surface area (Å²) in [6, 6.07) is 4.39. The maximum atomic E-state index is 12.8. The molecule has 0 aliphatic carbocycles. The van der Waals surface area contributed by atoms with Crippen LogP contribution in [-0.4, -0.2) is 20.8 Å². The molecule has 0 spiro atoms. The molecule has 0 atom stereocenters. The number of phenolic OH excluding ortho intramolecular Hbond substituents is 1. The molecule has 0 aliphatic heterocycles. The Kier molecular flexibility index (Phi) is 5.09. The van der Waals surface area contributed by atoms with Gasteiger partial charge in [-0.2, -0.15) is 5.10 Å². The Hall–Kier alpha value is -2.29. The van der Waals surface area contributed by atoms with Crippen LogP contribution in [-0.2, 0) is 11.3 Å². The quantitative estimate of drug-likeness (QED) is 0.636. The number of anilines is 1. The summed E-state index contributed by atoms with van der Waals surface area (Å²) in [5.41, 5.74) is -1.69. The van der Waals surface area contributed by atoms with E-state index < -0.39 is 36.7 Å². The summed E-state index contributed by atoms with van der Waals surface area (Å²) in [4.78, 5) is 11.8. The van der Waals surface area contributed by atoms with E-state index in [2.05, 4.69) is 10.4 Å². The number of carbonyl (C=O) groups is 1. The molecule has 1 heterocycles. The first-order valence-corrected chi connectivity index (χ1v) is 6.58. The van der Waals surface area contributed by atoms with E-state index >= 15 is 0 Å². The lowest BCUT2D eigenvalue weighted by Crippen LogP contribution is -2.21. The zero-order valence-electron chi connectivity index (χ0n) is 11.3. The fraction of sp³-hybridized carbons (Fsp3) is 0.231. The van der Waals surface area contributed by atoms with E-state index in [1.807, 2.05) is 0 Å². The number of alkyl halides is 4. The SMILES string of the molecule is O=C(Cn1nc(C(F)F)cc1C(F)F)Nc1cc(Cl)ccc1O. The third-order valence-electron chi connectivity index (χ3n) is 2.80. The molecule has 0 unspecified atom stereocenters. The average molecular weight is 352 g/mol. The topological polar surface area (TPSA) is 67.2 Å². The van der Waals surface area contributed by atoms with Gasteiger partial charge in [-0.25, -0.2) is 17.6 Å². The van der Waals surface area contributed by atoms with Gasteiger partial charge in [0.2, 0.25) is 5.91 Å². The van der Waals surface area contributed by atoms with Gasteiger partial charge in [0.05, 0.1) is 5.69 Å². The molecule has 0 saturated heterocycles. The van der Waals surface area contributed by atoms with Crippen molar-refractivity contribution in [3.8, 4) is 5.75 Å². The molecule has 1 aromatic carbocycles. The van der Waals surface area contributed by atoms with Gasteiger partial charge in [-0.15, -0.1) is 0 Å². The molecule has 2 N–H and O–H groups in total.